The van der Waals surface area contributed by atoms with Gasteiger partial charge in [0.2, 0.25) is 5.95 Å². The van der Waals surface area contributed by atoms with Gasteiger partial charge in [-0.1, -0.05) is 22.0 Å². The number of hydrogen-bond donors (Lipinski definition) is 1. The first-order chi connectivity index (χ1) is 9.61. The van der Waals surface area contributed by atoms with Gasteiger partial charge in [-0.15, -0.1) is 0 Å². The number of methoxy groups -OCH3 is 1. The fraction of sp³-hybridized carbons (Fsp3) is 0.0714. The molecule has 0 unspecified atom stereocenters. The van der Waals surface area contributed by atoms with E-state index < -0.39 is 0 Å². The summed E-state index contributed by atoms with van der Waals surface area (Å²) >= 11 is 3.33. The highest BCUT2D eigenvalue weighted by Crippen LogP contribution is 2.31. The molecule has 0 bridgehead atoms. The summed E-state index contributed by atoms with van der Waals surface area (Å²) in [6, 6.07) is 10.1. The Kier molecular flexibility index (Phi) is 3.10. The lowest BCUT2D eigenvalue weighted by molar-refractivity contribution is 0.419. The number of anilines is 1. The molecule has 4 nitrogen and oxygen atoms in total. The molecule has 6 heteroatoms. The summed E-state index contributed by atoms with van der Waals surface area (Å²) < 4.78 is 21.6. The summed E-state index contributed by atoms with van der Waals surface area (Å²) in [5.41, 5.74) is 7.58. The Morgan fingerprint density at radius 2 is 2.10 bits per heavy atom. The van der Waals surface area contributed by atoms with Gasteiger partial charge < -0.3 is 10.5 Å². The normalized spacial score (nSPS) is 10.9. The van der Waals surface area contributed by atoms with Crippen molar-refractivity contribution in [1.82, 2.24) is 9.55 Å². The average Bonchev–Trinajstić information content (AvgIpc) is 2.77. The predicted octanol–water partition coefficient (Wildman–Crippen LogP) is 3.52. The molecule has 0 amide bonds. The number of ether oxygens (including phenoxy) is 1. The first-order valence-electron chi connectivity index (χ1n) is 5.88. The summed E-state index contributed by atoms with van der Waals surface area (Å²) in [5.74, 6) is 0.437. The third kappa shape index (κ3) is 1.92. The minimum absolute atomic E-state index is 0.210. The van der Waals surface area contributed by atoms with Crippen LogP contribution in [0.5, 0.6) is 5.75 Å². The van der Waals surface area contributed by atoms with Crippen LogP contribution in [0.3, 0.4) is 0 Å². The second kappa shape index (κ2) is 4.79. The van der Waals surface area contributed by atoms with Gasteiger partial charge in [0.1, 0.15) is 17.1 Å². The third-order valence-corrected chi connectivity index (χ3v) is 3.54. The second-order valence-electron chi connectivity index (χ2n) is 4.23. The van der Waals surface area contributed by atoms with E-state index in [2.05, 4.69) is 20.9 Å². The molecule has 0 fully saturated rings. The Hall–Kier alpha value is -2.08. The first-order valence-corrected chi connectivity index (χ1v) is 6.67. The predicted molar refractivity (Wildman–Crippen MR) is 79.7 cm³/mol. The van der Waals surface area contributed by atoms with Crippen molar-refractivity contribution >= 4 is 32.9 Å². The van der Waals surface area contributed by atoms with Gasteiger partial charge in [0.05, 0.1) is 18.3 Å². The number of nitrogens with two attached hydrogens (primary N) is 1. The minimum atomic E-state index is -0.373. The molecule has 0 aliphatic rings. The molecule has 3 rings (SSSR count). The van der Waals surface area contributed by atoms with Crippen molar-refractivity contribution in [2.75, 3.05) is 12.8 Å². The molecule has 0 aliphatic heterocycles. The molecular formula is C14H11BrFN3O. The molecule has 0 spiro atoms. The number of imidazole rings is 1. The van der Waals surface area contributed by atoms with Gasteiger partial charge in [-0.2, -0.15) is 0 Å². The van der Waals surface area contributed by atoms with Gasteiger partial charge in [0, 0.05) is 4.47 Å². The Labute approximate surface area is 123 Å². The van der Waals surface area contributed by atoms with Crippen LogP contribution < -0.4 is 10.5 Å². The fourth-order valence-corrected chi connectivity index (χ4v) is 2.52. The zero-order valence-electron chi connectivity index (χ0n) is 10.6. The SMILES string of the molecule is COc1cccc2c1nc(N)n2-c1cc(Br)ccc1F. The molecular weight excluding hydrogens is 325 g/mol. The first kappa shape index (κ1) is 12.9. The summed E-state index contributed by atoms with van der Waals surface area (Å²) in [6.45, 7) is 0. The van der Waals surface area contributed by atoms with E-state index in [-0.39, 0.29) is 11.8 Å². The van der Waals surface area contributed by atoms with Crippen LogP contribution in [0.1, 0.15) is 0 Å². The number of halogens is 2. The van der Waals surface area contributed by atoms with E-state index in [0.717, 1.165) is 4.47 Å². The highest BCUT2D eigenvalue weighted by Gasteiger charge is 2.16. The number of aromatic nitrogens is 2. The van der Waals surface area contributed by atoms with Crippen LogP contribution >= 0.6 is 15.9 Å². The monoisotopic (exact) mass is 335 g/mol. The van der Waals surface area contributed by atoms with Crippen molar-refractivity contribution in [3.8, 4) is 11.4 Å². The highest BCUT2D eigenvalue weighted by molar-refractivity contribution is 9.10. The van der Waals surface area contributed by atoms with E-state index in [1.807, 2.05) is 12.1 Å². The van der Waals surface area contributed by atoms with Crippen molar-refractivity contribution in [1.29, 1.82) is 0 Å². The summed E-state index contributed by atoms with van der Waals surface area (Å²) in [4.78, 5) is 4.26. The zero-order chi connectivity index (χ0) is 14.3. The molecule has 1 aromatic heterocycles. The molecule has 0 saturated carbocycles. The molecule has 0 aliphatic carbocycles. The maximum atomic E-state index is 14.1. The van der Waals surface area contributed by atoms with Gasteiger partial charge >= 0.3 is 0 Å². The summed E-state index contributed by atoms with van der Waals surface area (Å²) in [7, 11) is 1.56. The second-order valence-corrected chi connectivity index (χ2v) is 5.14. The van der Waals surface area contributed by atoms with Crippen molar-refractivity contribution in [2.45, 2.75) is 0 Å². The van der Waals surface area contributed by atoms with Crippen LogP contribution in [0.25, 0.3) is 16.7 Å². The van der Waals surface area contributed by atoms with Gasteiger partial charge in [0.15, 0.2) is 0 Å². The topological polar surface area (TPSA) is 53.1 Å². The lowest BCUT2D eigenvalue weighted by Crippen LogP contribution is -2.02. The highest BCUT2D eigenvalue weighted by atomic mass is 79.9. The van der Waals surface area contributed by atoms with Crippen LogP contribution in [0, 0.1) is 5.82 Å². The minimum Gasteiger partial charge on any atom is -0.494 e. The van der Waals surface area contributed by atoms with E-state index >= 15 is 0 Å². The number of fused-ring (bicyclic) bond motifs is 1. The van der Waals surface area contributed by atoms with Crippen molar-refractivity contribution in [2.24, 2.45) is 0 Å². The number of hydrogen-bond acceptors (Lipinski definition) is 3. The molecule has 1 heterocycles. The van der Waals surface area contributed by atoms with Gasteiger partial charge in [-0.05, 0) is 30.3 Å². The maximum absolute atomic E-state index is 14.1. The Morgan fingerprint density at radius 3 is 2.85 bits per heavy atom. The molecule has 3 aromatic rings. The quantitative estimate of drug-likeness (QED) is 0.779. The fourth-order valence-electron chi connectivity index (χ4n) is 2.17. The van der Waals surface area contributed by atoms with Crippen molar-refractivity contribution in [3.05, 3.63) is 46.7 Å². The van der Waals surface area contributed by atoms with Crippen molar-refractivity contribution < 1.29 is 9.13 Å². The smallest absolute Gasteiger partial charge is 0.206 e. The molecule has 20 heavy (non-hydrogen) atoms. The Balaban J connectivity index is 2.37. The molecule has 2 aromatic carbocycles. The van der Waals surface area contributed by atoms with Crippen LogP contribution in [0.15, 0.2) is 40.9 Å². The number of nitrogens with zero attached hydrogens (tertiary/aromatic N) is 2. The van der Waals surface area contributed by atoms with Crippen LogP contribution in [-0.2, 0) is 0 Å². The van der Waals surface area contributed by atoms with Gasteiger partial charge in [0.25, 0.3) is 0 Å². The number of nitrogen functional groups attached to an aromatic ring is 1. The zero-order valence-corrected chi connectivity index (χ0v) is 12.2. The van der Waals surface area contributed by atoms with E-state index in [0.29, 0.717) is 22.5 Å². The number of rotatable bonds is 2. The van der Waals surface area contributed by atoms with Gasteiger partial charge in [-0.3, -0.25) is 4.57 Å². The third-order valence-electron chi connectivity index (χ3n) is 3.04. The molecule has 102 valence electrons. The standard InChI is InChI=1S/C14H11BrFN3O/c1-20-12-4-2-3-10-13(12)18-14(17)19(10)11-7-8(15)5-6-9(11)16/h2-7H,1H3,(H2,17,18). The summed E-state index contributed by atoms with van der Waals surface area (Å²) in [6.07, 6.45) is 0. The van der Waals surface area contributed by atoms with Crippen LogP contribution in [-0.4, -0.2) is 16.7 Å². The average molecular weight is 336 g/mol. The van der Waals surface area contributed by atoms with Gasteiger partial charge in [-0.25, -0.2) is 9.37 Å². The molecule has 0 saturated heterocycles. The van der Waals surface area contributed by atoms with Crippen LogP contribution in [0.4, 0.5) is 10.3 Å². The van der Waals surface area contributed by atoms with Crippen molar-refractivity contribution in [3.63, 3.8) is 0 Å². The van der Waals surface area contributed by atoms with E-state index in [9.17, 15) is 4.39 Å². The van der Waals surface area contributed by atoms with E-state index in [1.54, 1.807) is 29.9 Å². The van der Waals surface area contributed by atoms with Crippen LogP contribution in [0.2, 0.25) is 0 Å². The number of para-hydroxylation sites is 1. The summed E-state index contributed by atoms with van der Waals surface area (Å²) in [5, 5.41) is 0. The molecule has 0 radical (unpaired) electrons. The van der Waals surface area contributed by atoms with E-state index in [4.69, 9.17) is 10.5 Å². The Bertz CT molecular complexity index is 800. The lowest BCUT2D eigenvalue weighted by Gasteiger charge is -2.08. The number of benzene rings is 2. The van der Waals surface area contributed by atoms with E-state index in [1.165, 1.54) is 6.07 Å². The molecule has 2 N–H and O–H groups in total. The maximum Gasteiger partial charge on any atom is 0.206 e. The molecule has 0 atom stereocenters. The Morgan fingerprint density at radius 1 is 1.30 bits per heavy atom. The lowest BCUT2D eigenvalue weighted by atomic mass is 10.2. The largest absolute Gasteiger partial charge is 0.494 e.